The van der Waals surface area contributed by atoms with Gasteiger partial charge in [-0.05, 0) is 13.8 Å². The molecular weight excluding hydrogens is 259 g/mol. The van der Waals surface area contributed by atoms with E-state index in [1.165, 1.54) is 14.2 Å². The van der Waals surface area contributed by atoms with Crippen molar-refractivity contribution >= 4 is 13.4 Å². The van der Waals surface area contributed by atoms with Crippen LogP contribution in [-0.2, 0) is 27.9 Å². The van der Waals surface area contributed by atoms with Crippen LogP contribution >= 0.6 is 7.60 Å². The van der Waals surface area contributed by atoms with Gasteiger partial charge in [0.1, 0.15) is 11.9 Å². The fourth-order valence-corrected chi connectivity index (χ4v) is 2.78. The lowest BCUT2D eigenvalue weighted by Gasteiger charge is -2.21. The zero-order valence-electron chi connectivity index (χ0n) is 11.5. The normalized spacial score (nSPS) is 25.1. The third-order valence-corrected chi connectivity index (χ3v) is 4.81. The molecule has 106 valence electrons. The van der Waals surface area contributed by atoms with Crippen molar-refractivity contribution < 1.29 is 27.9 Å². The van der Waals surface area contributed by atoms with E-state index in [2.05, 4.69) is 0 Å². The van der Waals surface area contributed by atoms with Crippen LogP contribution in [0.4, 0.5) is 0 Å². The summed E-state index contributed by atoms with van der Waals surface area (Å²) >= 11 is 0. The van der Waals surface area contributed by atoms with Crippen LogP contribution in [0.25, 0.3) is 0 Å². The Morgan fingerprint density at radius 2 is 2.00 bits per heavy atom. The average molecular weight is 280 g/mol. The molecule has 0 N–H and O–H groups in total. The number of ether oxygens (including phenoxy) is 2. The predicted octanol–water partition coefficient (Wildman–Crippen LogP) is 1.83. The minimum absolute atomic E-state index is 0.215. The van der Waals surface area contributed by atoms with Crippen molar-refractivity contribution in [1.29, 1.82) is 0 Å². The monoisotopic (exact) mass is 280 g/mol. The standard InChI is InChI=1S/C11H21O6P/c1-8(10-6-16-11(2,3)17-10)9(12)7-18(13,14-4)15-5/h8,10H,6-7H2,1-5H3. The third-order valence-electron chi connectivity index (χ3n) is 3.00. The van der Waals surface area contributed by atoms with Crippen molar-refractivity contribution in [3.05, 3.63) is 0 Å². The van der Waals surface area contributed by atoms with E-state index in [-0.39, 0.29) is 18.0 Å². The van der Waals surface area contributed by atoms with E-state index in [9.17, 15) is 9.36 Å². The minimum Gasteiger partial charge on any atom is -0.348 e. The first kappa shape index (κ1) is 15.8. The molecule has 0 aromatic rings. The summed E-state index contributed by atoms with van der Waals surface area (Å²) in [6.45, 7) is 5.66. The van der Waals surface area contributed by atoms with Gasteiger partial charge in [0, 0.05) is 20.1 Å². The van der Waals surface area contributed by atoms with Crippen LogP contribution < -0.4 is 0 Å². The number of Topliss-reactive ketones (excluding diaryl/α,β-unsaturated/α-hetero) is 1. The first-order valence-electron chi connectivity index (χ1n) is 5.78. The lowest BCUT2D eigenvalue weighted by molar-refractivity contribution is -0.148. The Kier molecular flexibility index (Phi) is 5.09. The molecule has 1 aliphatic rings. The van der Waals surface area contributed by atoms with Crippen molar-refractivity contribution in [2.45, 2.75) is 32.7 Å². The van der Waals surface area contributed by atoms with E-state index in [0.29, 0.717) is 6.61 Å². The maximum absolute atomic E-state index is 12.0. The van der Waals surface area contributed by atoms with Crippen LogP contribution in [0, 0.1) is 5.92 Å². The highest BCUT2D eigenvalue weighted by molar-refractivity contribution is 7.54. The molecule has 0 bridgehead atoms. The molecule has 0 aliphatic carbocycles. The molecule has 18 heavy (non-hydrogen) atoms. The molecule has 2 atom stereocenters. The Balaban J connectivity index is 2.60. The Morgan fingerprint density at radius 1 is 1.44 bits per heavy atom. The predicted molar refractivity (Wildman–Crippen MR) is 65.6 cm³/mol. The summed E-state index contributed by atoms with van der Waals surface area (Å²) < 4.78 is 32.4. The average Bonchev–Trinajstić information content (AvgIpc) is 2.68. The summed E-state index contributed by atoms with van der Waals surface area (Å²) in [6.07, 6.45) is -0.573. The molecule has 7 heteroatoms. The largest absolute Gasteiger partial charge is 0.348 e. The molecule has 2 unspecified atom stereocenters. The van der Waals surface area contributed by atoms with Gasteiger partial charge in [-0.1, -0.05) is 6.92 Å². The number of hydrogen-bond acceptors (Lipinski definition) is 6. The second-order valence-electron chi connectivity index (χ2n) is 4.76. The lowest BCUT2D eigenvalue weighted by Crippen LogP contribution is -2.31. The quantitative estimate of drug-likeness (QED) is 0.691. The van der Waals surface area contributed by atoms with Gasteiger partial charge in [0.25, 0.3) is 0 Å². The van der Waals surface area contributed by atoms with Gasteiger partial charge in [-0.25, -0.2) is 0 Å². The number of carbonyl (C=O) groups excluding carboxylic acids is 1. The number of rotatable bonds is 6. The third kappa shape index (κ3) is 3.87. The molecule has 6 nitrogen and oxygen atoms in total. The molecule has 0 aromatic heterocycles. The second-order valence-corrected chi connectivity index (χ2v) is 7.02. The lowest BCUT2D eigenvalue weighted by atomic mass is 10.0. The highest BCUT2D eigenvalue weighted by Gasteiger charge is 2.40. The number of carbonyl (C=O) groups is 1. The van der Waals surface area contributed by atoms with E-state index in [4.69, 9.17) is 18.5 Å². The Morgan fingerprint density at radius 3 is 2.39 bits per heavy atom. The Labute approximate surface area is 107 Å². The van der Waals surface area contributed by atoms with Crippen molar-refractivity contribution in [3.8, 4) is 0 Å². The minimum atomic E-state index is -3.31. The van der Waals surface area contributed by atoms with Gasteiger partial charge in [-0.15, -0.1) is 0 Å². The van der Waals surface area contributed by atoms with Gasteiger partial charge in [0.15, 0.2) is 5.79 Å². The van der Waals surface area contributed by atoms with Gasteiger partial charge >= 0.3 is 7.60 Å². The smallest absolute Gasteiger partial charge is 0.337 e. The highest BCUT2D eigenvalue weighted by Crippen LogP contribution is 2.46. The zero-order chi connectivity index (χ0) is 14.0. The molecule has 1 rings (SSSR count). The summed E-state index contributed by atoms with van der Waals surface area (Å²) in [7, 11) is -0.781. The summed E-state index contributed by atoms with van der Waals surface area (Å²) in [5, 5.41) is 0. The van der Waals surface area contributed by atoms with Crippen LogP contribution in [-0.4, -0.2) is 44.7 Å². The topological polar surface area (TPSA) is 71.1 Å². The molecule has 0 spiro atoms. The van der Waals surface area contributed by atoms with E-state index >= 15 is 0 Å². The maximum atomic E-state index is 12.0. The highest BCUT2D eigenvalue weighted by atomic mass is 31.2. The van der Waals surface area contributed by atoms with Crippen LogP contribution in [0.2, 0.25) is 0 Å². The van der Waals surface area contributed by atoms with E-state index in [0.717, 1.165) is 0 Å². The van der Waals surface area contributed by atoms with Gasteiger partial charge in [0.2, 0.25) is 0 Å². The molecule has 1 fully saturated rings. The SMILES string of the molecule is COP(=O)(CC(=O)C(C)C1COC(C)(C)O1)OC. The molecule has 1 saturated heterocycles. The Hall–Kier alpha value is -0.260. The summed E-state index contributed by atoms with van der Waals surface area (Å²) in [4.78, 5) is 12.0. The Bertz CT molecular complexity index is 345. The first-order chi connectivity index (χ1) is 8.23. The molecule has 0 radical (unpaired) electrons. The van der Waals surface area contributed by atoms with Gasteiger partial charge in [0.05, 0.1) is 12.7 Å². The zero-order valence-corrected chi connectivity index (χ0v) is 12.4. The summed E-state index contributed by atoms with van der Waals surface area (Å²) in [5.74, 6) is -1.30. The van der Waals surface area contributed by atoms with Gasteiger partial charge in [-0.3, -0.25) is 9.36 Å². The van der Waals surface area contributed by atoms with E-state index < -0.39 is 19.3 Å². The first-order valence-corrected chi connectivity index (χ1v) is 7.51. The van der Waals surface area contributed by atoms with Crippen molar-refractivity contribution in [3.63, 3.8) is 0 Å². The molecule has 0 aromatic carbocycles. The van der Waals surface area contributed by atoms with Crippen molar-refractivity contribution in [1.82, 2.24) is 0 Å². The van der Waals surface area contributed by atoms with E-state index in [1.807, 2.05) is 0 Å². The maximum Gasteiger partial charge on any atom is 0.337 e. The fraction of sp³-hybridized carbons (Fsp3) is 0.909. The molecular formula is C11H21O6P. The molecule has 0 amide bonds. The van der Waals surface area contributed by atoms with Gasteiger partial charge in [-0.2, -0.15) is 0 Å². The van der Waals surface area contributed by atoms with E-state index in [1.54, 1.807) is 20.8 Å². The summed E-state index contributed by atoms with van der Waals surface area (Å²) in [6, 6.07) is 0. The number of hydrogen-bond donors (Lipinski definition) is 0. The summed E-state index contributed by atoms with van der Waals surface area (Å²) in [5.41, 5.74) is 0. The van der Waals surface area contributed by atoms with Crippen LogP contribution in [0.3, 0.4) is 0 Å². The van der Waals surface area contributed by atoms with Crippen LogP contribution in [0.1, 0.15) is 20.8 Å². The van der Waals surface area contributed by atoms with Gasteiger partial charge < -0.3 is 18.5 Å². The fourth-order valence-electron chi connectivity index (χ4n) is 1.71. The molecule has 1 aliphatic heterocycles. The van der Waals surface area contributed by atoms with Crippen molar-refractivity contribution in [2.24, 2.45) is 5.92 Å². The van der Waals surface area contributed by atoms with Crippen LogP contribution in [0.15, 0.2) is 0 Å². The molecule has 1 heterocycles. The molecule has 0 saturated carbocycles. The second kappa shape index (κ2) is 5.80. The van der Waals surface area contributed by atoms with Crippen LogP contribution in [0.5, 0.6) is 0 Å². The number of ketones is 1. The van der Waals surface area contributed by atoms with Crippen molar-refractivity contribution in [2.75, 3.05) is 27.0 Å².